The Bertz CT molecular complexity index is 337. The second kappa shape index (κ2) is 7.38. The van der Waals surface area contributed by atoms with E-state index >= 15 is 0 Å². The van der Waals surface area contributed by atoms with Crippen LogP contribution in [0.25, 0.3) is 0 Å². The van der Waals surface area contributed by atoms with Gasteiger partial charge in [0.15, 0.2) is 0 Å². The Morgan fingerprint density at radius 2 is 1.94 bits per heavy atom. The fourth-order valence-electron chi connectivity index (χ4n) is 1.56. The first-order chi connectivity index (χ1) is 8.11. The van der Waals surface area contributed by atoms with E-state index in [1.165, 1.54) is 5.56 Å². The number of aryl methyl sites for hydroxylation is 1. The van der Waals surface area contributed by atoms with Gasteiger partial charge in [-0.1, -0.05) is 44.2 Å². The Labute approximate surface area is 109 Å². The molecule has 0 heterocycles. The summed E-state index contributed by atoms with van der Waals surface area (Å²) in [5.74, 6) is 0.309. The van der Waals surface area contributed by atoms with Gasteiger partial charge in [-0.05, 0) is 24.3 Å². The third kappa shape index (κ3) is 5.26. The number of nitrogens with one attached hydrogen (secondary N) is 1. The van der Waals surface area contributed by atoms with Crippen LogP contribution in [0.5, 0.6) is 0 Å². The number of hydrogen-bond donors (Lipinski definition) is 2. The Morgan fingerprint density at radius 3 is 2.53 bits per heavy atom. The summed E-state index contributed by atoms with van der Waals surface area (Å²) in [4.78, 5) is 11.6. The van der Waals surface area contributed by atoms with E-state index in [0.717, 1.165) is 19.4 Å². The zero-order valence-corrected chi connectivity index (χ0v) is 11.4. The van der Waals surface area contributed by atoms with E-state index in [9.17, 15) is 4.79 Å². The average molecular weight is 251 g/mol. The molecule has 0 spiro atoms. The van der Waals surface area contributed by atoms with Crippen LogP contribution in [0.4, 0.5) is 0 Å². The van der Waals surface area contributed by atoms with Crippen molar-refractivity contribution in [1.29, 1.82) is 0 Å². The minimum atomic E-state index is -0.202. The Morgan fingerprint density at radius 1 is 1.29 bits per heavy atom. The molecule has 3 heteroatoms. The maximum absolute atomic E-state index is 11.6. The first kappa shape index (κ1) is 14.1. The van der Waals surface area contributed by atoms with Gasteiger partial charge in [0.05, 0.1) is 5.25 Å². The average Bonchev–Trinajstić information content (AvgIpc) is 2.34. The highest BCUT2D eigenvalue weighted by Gasteiger charge is 2.16. The minimum absolute atomic E-state index is 0.0383. The van der Waals surface area contributed by atoms with Crippen LogP contribution in [0.2, 0.25) is 0 Å². The van der Waals surface area contributed by atoms with Crippen molar-refractivity contribution in [2.45, 2.75) is 31.9 Å². The summed E-state index contributed by atoms with van der Waals surface area (Å²) >= 11 is 4.28. The van der Waals surface area contributed by atoms with Gasteiger partial charge in [-0.2, -0.15) is 12.6 Å². The molecule has 0 saturated heterocycles. The highest BCUT2D eigenvalue weighted by molar-refractivity contribution is 7.81. The van der Waals surface area contributed by atoms with Gasteiger partial charge in [0, 0.05) is 6.54 Å². The largest absolute Gasteiger partial charge is 0.355 e. The van der Waals surface area contributed by atoms with Crippen molar-refractivity contribution in [1.82, 2.24) is 5.32 Å². The quantitative estimate of drug-likeness (QED) is 0.591. The molecule has 0 aliphatic rings. The van der Waals surface area contributed by atoms with E-state index in [2.05, 4.69) is 30.1 Å². The molecule has 1 aromatic carbocycles. The van der Waals surface area contributed by atoms with Crippen molar-refractivity contribution >= 4 is 18.5 Å². The zero-order valence-electron chi connectivity index (χ0n) is 10.5. The molecule has 94 valence electrons. The molecule has 1 unspecified atom stereocenters. The van der Waals surface area contributed by atoms with Crippen LogP contribution >= 0.6 is 12.6 Å². The molecule has 0 aromatic heterocycles. The van der Waals surface area contributed by atoms with Gasteiger partial charge in [0.25, 0.3) is 0 Å². The standard InChI is InChI=1S/C14H21NOS/c1-11(2)13(17)14(16)15-10-6-9-12-7-4-3-5-8-12/h3-5,7-8,11,13,17H,6,9-10H2,1-2H3,(H,15,16). The van der Waals surface area contributed by atoms with E-state index in [-0.39, 0.29) is 17.1 Å². The third-order valence-electron chi connectivity index (χ3n) is 2.68. The fraction of sp³-hybridized carbons (Fsp3) is 0.500. The second-order valence-corrected chi connectivity index (χ2v) is 5.13. The van der Waals surface area contributed by atoms with Crippen LogP contribution in [0.15, 0.2) is 30.3 Å². The van der Waals surface area contributed by atoms with Crippen LogP contribution in [-0.4, -0.2) is 17.7 Å². The molecule has 17 heavy (non-hydrogen) atoms. The lowest BCUT2D eigenvalue weighted by atomic mass is 10.1. The molecule has 1 atom stereocenters. The molecule has 1 aromatic rings. The van der Waals surface area contributed by atoms with Gasteiger partial charge >= 0.3 is 0 Å². The summed E-state index contributed by atoms with van der Waals surface area (Å²) < 4.78 is 0. The van der Waals surface area contributed by atoms with Gasteiger partial charge in [-0.3, -0.25) is 4.79 Å². The molecule has 2 nitrogen and oxygen atoms in total. The van der Waals surface area contributed by atoms with Gasteiger partial charge < -0.3 is 5.32 Å². The second-order valence-electron chi connectivity index (χ2n) is 4.57. The van der Waals surface area contributed by atoms with E-state index in [1.807, 2.05) is 32.0 Å². The molecule has 0 saturated carbocycles. The number of hydrogen-bond acceptors (Lipinski definition) is 2. The number of amides is 1. The first-order valence-corrected chi connectivity index (χ1v) is 6.62. The van der Waals surface area contributed by atoms with E-state index in [4.69, 9.17) is 0 Å². The molecule has 1 amide bonds. The third-order valence-corrected chi connectivity index (χ3v) is 3.52. The molecular formula is C14H21NOS. The highest BCUT2D eigenvalue weighted by Crippen LogP contribution is 2.08. The predicted molar refractivity (Wildman–Crippen MR) is 75.4 cm³/mol. The summed E-state index contributed by atoms with van der Waals surface area (Å²) in [7, 11) is 0. The van der Waals surface area contributed by atoms with Gasteiger partial charge in [0.1, 0.15) is 0 Å². The van der Waals surface area contributed by atoms with Crippen molar-refractivity contribution < 1.29 is 4.79 Å². The van der Waals surface area contributed by atoms with Crippen molar-refractivity contribution in [3.8, 4) is 0 Å². The van der Waals surface area contributed by atoms with Crippen molar-refractivity contribution in [3.05, 3.63) is 35.9 Å². The Balaban J connectivity index is 2.18. The molecule has 0 aliphatic heterocycles. The molecule has 0 bridgehead atoms. The van der Waals surface area contributed by atoms with Crippen LogP contribution in [0, 0.1) is 5.92 Å². The lowest BCUT2D eigenvalue weighted by Gasteiger charge is -2.14. The number of carbonyl (C=O) groups is 1. The summed E-state index contributed by atoms with van der Waals surface area (Å²) in [5, 5.41) is 2.72. The first-order valence-electron chi connectivity index (χ1n) is 6.11. The summed E-state index contributed by atoms with van der Waals surface area (Å²) in [6, 6.07) is 10.3. The molecule has 0 radical (unpaired) electrons. The van der Waals surface area contributed by atoms with Gasteiger partial charge in [-0.25, -0.2) is 0 Å². The van der Waals surface area contributed by atoms with Crippen molar-refractivity contribution in [3.63, 3.8) is 0 Å². The van der Waals surface area contributed by atoms with Gasteiger partial charge in [-0.15, -0.1) is 0 Å². The van der Waals surface area contributed by atoms with Crippen LogP contribution in [0.3, 0.4) is 0 Å². The molecule has 1 rings (SSSR count). The lowest BCUT2D eigenvalue weighted by molar-refractivity contribution is -0.121. The topological polar surface area (TPSA) is 29.1 Å². The molecule has 0 aliphatic carbocycles. The lowest BCUT2D eigenvalue weighted by Crippen LogP contribution is -2.35. The maximum Gasteiger partial charge on any atom is 0.233 e. The SMILES string of the molecule is CC(C)C(S)C(=O)NCCCc1ccccc1. The highest BCUT2D eigenvalue weighted by atomic mass is 32.1. The Hall–Kier alpha value is -0.960. The summed E-state index contributed by atoms with van der Waals surface area (Å²) in [6.45, 7) is 4.72. The molecular weight excluding hydrogens is 230 g/mol. The fourth-order valence-corrected chi connectivity index (χ4v) is 1.65. The zero-order chi connectivity index (χ0) is 12.7. The van der Waals surface area contributed by atoms with Crippen molar-refractivity contribution in [2.75, 3.05) is 6.54 Å². The van der Waals surface area contributed by atoms with E-state index in [1.54, 1.807) is 0 Å². The molecule has 1 N–H and O–H groups in total. The predicted octanol–water partition coefficient (Wildman–Crippen LogP) is 2.69. The number of thiol groups is 1. The smallest absolute Gasteiger partial charge is 0.233 e. The van der Waals surface area contributed by atoms with Crippen LogP contribution < -0.4 is 5.32 Å². The number of carbonyl (C=O) groups excluding carboxylic acids is 1. The van der Waals surface area contributed by atoms with E-state index in [0.29, 0.717) is 0 Å². The maximum atomic E-state index is 11.6. The monoisotopic (exact) mass is 251 g/mol. The Kier molecular flexibility index (Phi) is 6.12. The number of rotatable bonds is 6. The minimum Gasteiger partial charge on any atom is -0.355 e. The summed E-state index contributed by atoms with van der Waals surface area (Å²) in [5.41, 5.74) is 1.31. The van der Waals surface area contributed by atoms with Gasteiger partial charge in [0.2, 0.25) is 5.91 Å². The van der Waals surface area contributed by atoms with E-state index < -0.39 is 0 Å². The summed E-state index contributed by atoms with van der Waals surface area (Å²) in [6.07, 6.45) is 1.97. The number of benzene rings is 1. The van der Waals surface area contributed by atoms with Crippen LogP contribution in [0.1, 0.15) is 25.8 Å². The molecule has 0 fully saturated rings. The van der Waals surface area contributed by atoms with Crippen molar-refractivity contribution in [2.24, 2.45) is 5.92 Å². The van der Waals surface area contributed by atoms with Crippen LogP contribution in [-0.2, 0) is 11.2 Å². The normalized spacial score (nSPS) is 12.5.